The number of benzene rings is 1. The summed E-state index contributed by atoms with van der Waals surface area (Å²) in [6.07, 6.45) is 1.95. The van der Waals surface area contributed by atoms with Gasteiger partial charge in [0.15, 0.2) is 5.03 Å². The Kier molecular flexibility index (Phi) is 3.58. The predicted octanol–water partition coefficient (Wildman–Crippen LogP) is 2.43. The fourth-order valence-corrected chi connectivity index (χ4v) is 2.51. The largest absolute Gasteiger partial charge is 0.332 e. The molecule has 0 radical (unpaired) electrons. The molecule has 2 aromatic rings. The Morgan fingerprint density at radius 1 is 1.33 bits per heavy atom. The molecular formula is C11H12ClN3O2S. The molecule has 1 heterocycles. The second-order valence-electron chi connectivity index (χ2n) is 3.66. The van der Waals surface area contributed by atoms with E-state index in [-0.39, 0.29) is 5.03 Å². The molecule has 0 atom stereocenters. The fourth-order valence-electron chi connectivity index (χ4n) is 1.39. The Morgan fingerprint density at radius 3 is 2.56 bits per heavy atom. The minimum atomic E-state index is -3.63. The number of imidazole rings is 1. The fraction of sp³-hybridized carbons (Fsp3) is 0.182. The number of hydrogen-bond donors (Lipinski definition) is 2. The first-order valence-corrected chi connectivity index (χ1v) is 7.19. The molecule has 2 N–H and O–H groups in total. The molecule has 0 unspecified atom stereocenters. The number of aryl methyl sites for hydroxylation is 1. The van der Waals surface area contributed by atoms with Crippen LogP contribution in [-0.2, 0) is 16.4 Å². The molecule has 1 aromatic carbocycles. The van der Waals surface area contributed by atoms with Crippen molar-refractivity contribution in [2.24, 2.45) is 0 Å². The second-order valence-corrected chi connectivity index (χ2v) is 5.75. The molecule has 0 bridgehead atoms. The maximum Gasteiger partial charge on any atom is 0.278 e. The molecule has 0 amide bonds. The van der Waals surface area contributed by atoms with Crippen LogP contribution in [0.3, 0.4) is 0 Å². The normalized spacial score (nSPS) is 11.4. The third-order valence-electron chi connectivity index (χ3n) is 2.33. The standard InChI is InChI=1S/C11H12ClN3O2S/c1-2-10-13-7-11(14-10)18(16,17)15-9-5-3-8(12)4-6-9/h3-7,15H,2H2,1H3,(H,13,14). The molecule has 18 heavy (non-hydrogen) atoms. The van der Waals surface area contributed by atoms with Crippen LogP contribution in [0.2, 0.25) is 5.02 Å². The van der Waals surface area contributed by atoms with Crippen LogP contribution in [-0.4, -0.2) is 18.4 Å². The van der Waals surface area contributed by atoms with Gasteiger partial charge >= 0.3 is 0 Å². The molecule has 0 saturated heterocycles. The maximum absolute atomic E-state index is 12.0. The molecule has 0 aliphatic heterocycles. The number of anilines is 1. The number of aromatic nitrogens is 2. The van der Waals surface area contributed by atoms with E-state index in [2.05, 4.69) is 14.7 Å². The van der Waals surface area contributed by atoms with Crippen LogP contribution in [0.5, 0.6) is 0 Å². The van der Waals surface area contributed by atoms with Crippen LogP contribution in [0.4, 0.5) is 5.69 Å². The second kappa shape index (κ2) is 4.99. The summed E-state index contributed by atoms with van der Waals surface area (Å²) in [4.78, 5) is 6.71. The molecule has 0 aliphatic carbocycles. The summed E-state index contributed by atoms with van der Waals surface area (Å²) in [5.74, 6) is 0.631. The zero-order valence-corrected chi connectivity index (χ0v) is 11.2. The van der Waals surface area contributed by atoms with Crippen molar-refractivity contribution in [1.29, 1.82) is 0 Å². The van der Waals surface area contributed by atoms with E-state index < -0.39 is 10.0 Å². The van der Waals surface area contributed by atoms with E-state index in [0.29, 0.717) is 23.0 Å². The Hall–Kier alpha value is -1.53. The van der Waals surface area contributed by atoms with Crippen molar-refractivity contribution < 1.29 is 8.42 Å². The van der Waals surface area contributed by atoms with E-state index in [1.165, 1.54) is 6.20 Å². The molecular weight excluding hydrogens is 274 g/mol. The van der Waals surface area contributed by atoms with Crippen LogP contribution in [0.15, 0.2) is 35.5 Å². The van der Waals surface area contributed by atoms with Crippen LogP contribution in [0.25, 0.3) is 0 Å². The van der Waals surface area contributed by atoms with Crippen molar-refractivity contribution >= 4 is 27.3 Å². The Balaban J connectivity index is 2.24. The summed E-state index contributed by atoms with van der Waals surface area (Å²) < 4.78 is 26.4. The van der Waals surface area contributed by atoms with E-state index in [0.717, 1.165) is 0 Å². The van der Waals surface area contributed by atoms with E-state index in [4.69, 9.17) is 11.6 Å². The average Bonchev–Trinajstić information content (AvgIpc) is 2.81. The Morgan fingerprint density at radius 2 is 2.00 bits per heavy atom. The van der Waals surface area contributed by atoms with Crippen LogP contribution in [0.1, 0.15) is 12.7 Å². The molecule has 0 spiro atoms. The van der Waals surface area contributed by atoms with Gasteiger partial charge in [0.25, 0.3) is 10.0 Å². The van der Waals surface area contributed by atoms with Gasteiger partial charge in [0.1, 0.15) is 5.82 Å². The van der Waals surface area contributed by atoms with E-state index >= 15 is 0 Å². The van der Waals surface area contributed by atoms with Gasteiger partial charge < -0.3 is 4.98 Å². The molecule has 96 valence electrons. The summed E-state index contributed by atoms with van der Waals surface area (Å²) in [7, 11) is -3.63. The first kappa shape index (κ1) is 12.9. The lowest BCUT2D eigenvalue weighted by Gasteiger charge is -2.05. The number of halogens is 1. The lowest BCUT2D eigenvalue weighted by atomic mass is 10.3. The summed E-state index contributed by atoms with van der Waals surface area (Å²) in [6.45, 7) is 1.89. The van der Waals surface area contributed by atoms with Crippen molar-refractivity contribution in [2.45, 2.75) is 18.4 Å². The van der Waals surface area contributed by atoms with Gasteiger partial charge in [0.2, 0.25) is 0 Å². The van der Waals surface area contributed by atoms with Gasteiger partial charge in [-0.1, -0.05) is 18.5 Å². The van der Waals surface area contributed by atoms with E-state index in [1.54, 1.807) is 24.3 Å². The quantitative estimate of drug-likeness (QED) is 0.906. The first-order chi connectivity index (χ1) is 8.51. The van der Waals surface area contributed by atoms with Gasteiger partial charge in [-0.15, -0.1) is 0 Å². The Labute approximate surface area is 110 Å². The maximum atomic E-state index is 12.0. The Bertz CT molecular complexity index is 635. The first-order valence-electron chi connectivity index (χ1n) is 5.33. The summed E-state index contributed by atoms with van der Waals surface area (Å²) in [5, 5.41) is 0.599. The number of hydrogen-bond acceptors (Lipinski definition) is 3. The predicted molar refractivity (Wildman–Crippen MR) is 70.2 cm³/mol. The lowest BCUT2D eigenvalue weighted by Crippen LogP contribution is -2.13. The van der Waals surface area contributed by atoms with Gasteiger partial charge in [0, 0.05) is 17.1 Å². The summed E-state index contributed by atoms with van der Waals surface area (Å²) >= 11 is 5.73. The highest BCUT2D eigenvalue weighted by molar-refractivity contribution is 7.92. The SMILES string of the molecule is CCc1ncc(S(=O)(=O)Nc2ccc(Cl)cc2)[nH]1. The number of nitrogens with zero attached hydrogens (tertiary/aromatic N) is 1. The van der Waals surface area contributed by atoms with Gasteiger partial charge in [-0.2, -0.15) is 8.42 Å². The highest BCUT2D eigenvalue weighted by Gasteiger charge is 2.16. The van der Waals surface area contributed by atoms with Gasteiger partial charge in [-0.05, 0) is 24.3 Å². The van der Waals surface area contributed by atoms with Gasteiger partial charge in [-0.25, -0.2) is 4.98 Å². The molecule has 2 rings (SSSR count). The number of sulfonamides is 1. The summed E-state index contributed by atoms with van der Waals surface area (Å²) in [5.41, 5.74) is 0.451. The van der Waals surface area contributed by atoms with Gasteiger partial charge in [-0.3, -0.25) is 4.72 Å². The molecule has 5 nitrogen and oxygen atoms in total. The highest BCUT2D eigenvalue weighted by Crippen LogP contribution is 2.17. The number of rotatable bonds is 4. The van der Waals surface area contributed by atoms with Gasteiger partial charge in [0.05, 0.1) is 6.20 Å². The third-order valence-corrected chi connectivity index (χ3v) is 3.87. The van der Waals surface area contributed by atoms with Crippen molar-refractivity contribution in [3.63, 3.8) is 0 Å². The topological polar surface area (TPSA) is 74.8 Å². The zero-order chi connectivity index (χ0) is 13.2. The molecule has 0 saturated carbocycles. The van der Waals surface area contributed by atoms with Crippen molar-refractivity contribution in [2.75, 3.05) is 4.72 Å². The minimum absolute atomic E-state index is 0.0503. The number of nitrogens with one attached hydrogen (secondary N) is 2. The monoisotopic (exact) mass is 285 g/mol. The molecule has 0 fully saturated rings. The highest BCUT2D eigenvalue weighted by atomic mass is 35.5. The van der Waals surface area contributed by atoms with Crippen LogP contribution < -0.4 is 4.72 Å². The number of aromatic amines is 1. The summed E-state index contributed by atoms with van der Waals surface area (Å²) in [6, 6.07) is 6.42. The molecule has 7 heteroatoms. The molecule has 0 aliphatic rings. The minimum Gasteiger partial charge on any atom is -0.332 e. The van der Waals surface area contributed by atoms with E-state index in [9.17, 15) is 8.42 Å². The van der Waals surface area contributed by atoms with Crippen LogP contribution >= 0.6 is 11.6 Å². The number of H-pyrrole nitrogens is 1. The van der Waals surface area contributed by atoms with Crippen LogP contribution in [0, 0.1) is 0 Å². The molecule has 1 aromatic heterocycles. The lowest BCUT2D eigenvalue weighted by molar-refractivity contribution is 0.598. The average molecular weight is 286 g/mol. The van der Waals surface area contributed by atoms with Crippen molar-refractivity contribution in [1.82, 2.24) is 9.97 Å². The van der Waals surface area contributed by atoms with Crippen molar-refractivity contribution in [3.05, 3.63) is 41.3 Å². The smallest absolute Gasteiger partial charge is 0.278 e. The van der Waals surface area contributed by atoms with Crippen molar-refractivity contribution in [3.8, 4) is 0 Å². The zero-order valence-electron chi connectivity index (χ0n) is 9.64. The van der Waals surface area contributed by atoms with E-state index in [1.807, 2.05) is 6.92 Å². The third kappa shape index (κ3) is 2.83.